The summed E-state index contributed by atoms with van der Waals surface area (Å²) in [5.41, 5.74) is 0.729. The Kier molecular flexibility index (Phi) is 4.35. The van der Waals surface area contributed by atoms with E-state index in [4.69, 9.17) is 0 Å². The van der Waals surface area contributed by atoms with Crippen LogP contribution in [0.15, 0.2) is 18.5 Å². The van der Waals surface area contributed by atoms with Crippen molar-refractivity contribution in [3.8, 4) is 11.8 Å². The molecule has 3 nitrogen and oxygen atoms in total. The van der Waals surface area contributed by atoms with Crippen molar-refractivity contribution in [2.75, 3.05) is 0 Å². The average Bonchev–Trinajstić information content (AvgIpc) is 2.40. The van der Waals surface area contributed by atoms with Crippen molar-refractivity contribution in [2.24, 2.45) is 5.92 Å². The zero-order chi connectivity index (χ0) is 12.8. The Bertz CT molecular complexity index is 479. The standard InChI is InChI=1S/C15H17NO2/c17-15(18)14-9-13(10-16-11-14)8-4-7-12-5-2-1-3-6-12/h9-12H,1-3,5-7H2,(H,17,18)/p-1. The molecule has 0 unspecified atom stereocenters. The predicted octanol–water partition coefficient (Wildman–Crippen LogP) is 1.77. The lowest BCUT2D eigenvalue weighted by Crippen LogP contribution is -2.22. The molecule has 0 spiro atoms. The van der Waals surface area contributed by atoms with E-state index in [2.05, 4.69) is 16.8 Å². The van der Waals surface area contributed by atoms with Crippen LogP contribution in [-0.2, 0) is 0 Å². The number of carboxylic acids is 1. The van der Waals surface area contributed by atoms with Crippen LogP contribution in [0.2, 0.25) is 0 Å². The number of aromatic nitrogens is 1. The third kappa shape index (κ3) is 3.59. The number of rotatable bonds is 2. The lowest BCUT2D eigenvalue weighted by Gasteiger charge is -2.18. The third-order valence-electron chi connectivity index (χ3n) is 3.32. The van der Waals surface area contributed by atoms with Crippen molar-refractivity contribution in [1.82, 2.24) is 4.98 Å². The fourth-order valence-corrected chi connectivity index (χ4v) is 2.31. The Morgan fingerprint density at radius 1 is 1.33 bits per heavy atom. The second kappa shape index (κ2) is 6.20. The molecule has 0 atom stereocenters. The van der Waals surface area contributed by atoms with Crippen molar-refractivity contribution < 1.29 is 9.90 Å². The largest absolute Gasteiger partial charge is 0.545 e. The molecule has 94 valence electrons. The van der Waals surface area contributed by atoms with Gasteiger partial charge in [0.2, 0.25) is 0 Å². The van der Waals surface area contributed by atoms with Gasteiger partial charge in [-0.25, -0.2) is 0 Å². The lowest BCUT2D eigenvalue weighted by atomic mass is 9.87. The van der Waals surface area contributed by atoms with Crippen LogP contribution in [0.5, 0.6) is 0 Å². The van der Waals surface area contributed by atoms with Crippen LogP contribution in [0.25, 0.3) is 0 Å². The maximum absolute atomic E-state index is 10.7. The number of aromatic carboxylic acids is 1. The van der Waals surface area contributed by atoms with Gasteiger partial charge in [0, 0.05) is 29.9 Å². The molecule has 0 amide bonds. The van der Waals surface area contributed by atoms with Gasteiger partial charge in [-0.15, -0.1) is 0 Å². The fourth-order valence-electron chi connectivity index (χ4n) is 2.31. The molecule has 0 radical (unpaired) electrons. The van der Waals surface area contributed by atoms with E-state index >= 15 is 0 Å². The molecule has 2 rings (SSSR count). The monoisotopic (exact) mass is 242 g/mol. The first-order valence-electron chi connectivity index (χ1n) is 6.41. The Balaban J connectivity index is 1.96. The van der Waals surface area contributed by atoms with E-state index in [0.29, 0.717) is 11.5 Å². The third-order valence-corrected chi connectivity index (χ3v) is 3.32. The van der Waals surface area contributed by atoms with Gasteiger partial charge in [-0.2, -0.15) is 0 Å². The van der Waals surface area contributed by atoms with Gasteiger partial charge < -0.3 is 9.90 Å². The summed E-state index contributed by atoms with van der Waals surface area (Å²) < 4.78 is 0. The van der Waals surface area contributed by atoms with Crippen LogP contribution >= 0.6 is 0 Å². The van der Waals surface area contributed by atoms with Crippen LogP contribution in [0.3, 0.4) is 0 Å². The van der Waals surface area contributed by atoms with Crippen LogP contribution in [0.4, 0.5) is 0 Å². The molecule has 1 aromatic rings. The summed E-state index contributed by atoms with van der Waals surface area (Å²) in [5, 5.41) is 10.7. The minimum Gasteiger partial charge on any atom is -0.545 e. The summed E-state index contributed by atoms with van der Waals surface area (Å²) in [4.78, 5) is 14.5. The summed E-state index contributed by atoms with van der Waals surface area (Å²) in [6.45, 7) is 0. The number of carbonyl (C=O) groups is 1. The van der Waals surface area contributed by atoms with Gasteiger partial charge in [0.1, 0.15) is 0 Å². The average molecular weight is 242 g/mol. The molecular weight excluding hydrogens is 226 g/mol. The smallest absolute Gasteiger partial charge is 0.0731 e. The molecule has 1 aliphatic carbocycles. The Morgan fingerprint density at radius 3 is 2.83 bits per heavy atom. The molecule has 0 bridgehead atoms. The predicted molar refractivity (Wildman–Crippen MR) is 66.6 cm³/mol. The summed E-state index contributed by atoms with van der Waals surface area (Å²) >= 11 is 0. The maximum atomic E-state index is 10.7. The highest BCUT2D eigenvalue weighted by molar-refractivity contribution is 5.85. The normalized spacial score (nSPS) is 15.8. The molecule has 0 aliphatic heterocycles. The SMILES string of the molecule is O=C([O-])c1cncc(C#CCC2CCCCC2)c1. The van der Waals surface area contributed by atoms with Crippen molar-refractivity contribution in [3.63, 3.8) is 0 Å². The maximum Gasteiger partial charge on any atom is 0.0731 e. The highest BCUT2D eigenvalue weighted by Crippen LogP contribution is 2.25. The number of hydrogen-bond donors (Lipinski definition) is 0. The van der Waals surface area contributed by atoms with Crippen molar-refractivity contribution in [3.05, 3.63) is 29.6 Å². The van der Waals surface area contributed by atoms with E-state index in [1.165, 1.54) is 44.4 Å². The number of hydrogen-bond acceptors (Lipinski definition) is 3. The van der Waals surface area contributed by atoms with Crippen molar-refractivity contribution in [2.45, 2.75) is 38.5 Å². The van der Waals surface area contributed by atoms with Crippen LogP contribution in [-0.4, -0.2) is 11.0 Å². The topological polar surface area (TPSA) is 53.0 Å². The number of carboxylic acid groups (broad SMARTS) is 1. The van der Waals surface area contributed by atoms with Crippen LogP contribution in [0.1, 0.15) is 54.4 Å². The molecule has 1 aromatic heterocycles. The highest BCUT2D eigenvalue weighted by Gasteiger charge is 2.11. The van der Waals surface area contributed by atoms with Crippen molar-refractivity contribution in [1.29, 1.82) is 0 Å². The van der Waals surface area contributed by atoms with E-state index in [0.717, 1.165) is 6.42 Å². The molecule has 18 heavy (non-hydrogen) atoms. The number of carbonyl (C=O) groups excluding carboxylic acids is 1. The van der Waals surface area contributed by atoms with E-state index < -0.39 is 5.97 Å². The summed E-state index contributed by atoms with van der Waals surface area (Å²) in [6.07, 6.45) is 10.3. The van der Waals surface area contributed by atoms with Gasteiger partial charge in [0.05, 0.1) is 5.97 Å². The molecule has 1 fully saturated rings. The zero-order valence-electron chi connectivity index (χ0n) is 10.3. The summed E-state index contributed by atoms with van der Waals surface area (Å²) in [6, 6.07) is 1.51. The Labute approximate surface area is 107 Å². The Hall–Kier alpha value is -1.82. The molecule has 0 aromatic carbocycles. The van der Waals surface area contributed by atoms with E-state index in [9.17, 15) is 9.90 Å². The molecule has 3 heteroatoms. The van der Waals surface area contributed by atoms with Crippen LogP contribution in [0, 0.1) is 17.8 Å². The highest BCUT2D eigenvalue weighted by atomic mass is 16.4. The molecule has 1 heterocycles. The second-order valence-corrected chi connectivity index (χ2v) is 4.76. The zero-order valence-corrected chi connectivity index (χ0v) is 10.3. The lowest BCUT2D eigenvalue weighted by molar-refractivity contribution is -0.255. The molecule has 1 aliphatic rings. The van der Waals surface area contributed by atoms with E-state index in [1.54, 1.807) is 6.20 Å². The minimum atomic E-state index is -1.21. The molecule has 0 N–H and O–H groups in total. The van der Waals surface area contributed by atoms with E-state index in [1.807, 2.05) is 0 Å². The first-order chi connectivity index (χ1) is 8.75. The van der Waals surface area contributed by atoms with Gasteiger partial charge in [-0.05, 0) is 24.8 Å². The molecule has 0 saturated heterocycles. The fraction of sp³-hybridized carbons (Fsp3) is 0.467. The van der Waals surface area contributed by atoms with Crippen LogP contribution < -0.4 is 5.11 Å². The van der Waals surface area contributed by atoms with Gasteiger partial charge in [-0.1, -0.05) is 31.1 Å². The van der Waals surface area contributed by atoms with Gasteiger partial charge in [0.25, 0.3) is 0 Å². The second-order valence-electron chi connectivity index (χ2n) is 4.76. The minimum absolute atomic E-state index is 0.0828. The number of pyridine rings is 1. The van der Waals surface area contributed by atoms with Gasteiger partial charge >= 0.3 is 0 Å². The summed E-state index contributed by atoms with van der Waals surface area (Å²) in [5.74, 6) is 5.62. The Morgan fingerprint density at radius 2 is 2.11 bits per heavy atom. The molecular formula is C15H16NO2-. The first kappa shape index (κ1) is 12.6. The number of nitrogens with zero attached hydrogens (tertiary/aromatic N) is 1. The van der Waals surface area contributed by atoms with Crippen molar-refractivity contribution >= 4 is 5.97 Å². The molecule has 1 saturated carbocycles. The van der Waals surface area contributed by atoms with E-state index in [-0.39, 0.29) is 5.56 Å². The summed E-state index contributed by atoms with van der Waals surface area (Å²) in [7, 11) is 0. The van der Waals surface area contributed by atoms with Gasteiger partial charge in [-0.3, -0.25) is 4.98 Å². The first-order valence-corrected chi connectivity index (χ1v) is 6.41. The quantitative estimate of drug-likeness (QED) is 0.743. The van der Waals surface area contributed by atoms with Gasteiger partial charge in [0.15, 0.2) is 0 Å².